The monoisotopic (exact) mass is 448 g/mol. The van der Waals surface area contributed by atoms with Gasteiger partial charge in [-0.25, -0.2) is 4.57 Å². The molecule has 0 heterocycles. The number of esters is 1. The fraction of sp³-hybridized carbons (Fsp3) is 0.950. The van der Waals surface area contributed by atoms with Gasteiger partial charge in [0.1, 0.15) is 6.61 Å². The van der Waals surface area contributed by atoms with Crippen molar-refractivity contribution in [3.8, 4) is 0 Å². The van der Waals surface area contributed by atoms with Crippen LogP contribution in [0.3, 0.4) is 0 Å². The first-order valence-electron chi connectivity index (χ1n) is 10.9. The molecule has 0 rings (SSSR count). The van der Waals surface area contributed by atoms with E-state index < -0.39 is 7.82 Å². The molecule has 0 saturated heterocycles. The Hall–Kier alpha value is 0.540. The number of hydrogen-bond acceptors (Lipinski definition) is 5. The van der Waals surface area contributed by atoms with Gasteiger partial charge in [-0.05, 0) is 6.42 Å². The van der Waals surface area contributed by atoms with Crippen LogP contribution in [0.1, 0.15) is 96.8 Å². The van der Waals surface area contributed by atoms with Gasteiger partial charge in [-0.15, -0.1) is 0 Å². The van der Waals surface area contributed by atoms with Crippen LogP contribution in [0.5, 0.6) is 0 Å². The van der Waals surface area contributed by atoms with Crippen LogP contribution in [-0.4, -0.2) is 71.7 Å². The number of unbranched alkanes of at least 4 members (excludes halogenated alkanes) is 12. The molecule has 7 nitrogen and oxygen atoms in total. The van der Waals surface area contributed by atoms with Crippen molar-refractivity contribution in [2.75, 3.05) is 26.4 Å². The molecule has 0 radical (unpaired) electrons. The summed E-state index contributed by atoms with van der Waals surface area (Å²) < 4.78 is 24.7. The van der Waals surface area contributed by atoms with E-state index in [2.05, 4.69) is 11.4 Å². The number of carbonyl (C=O) groups is 1. The Labute approximate surface area is 199 Å². The molecular formula is C20H42NaO7P. The van der Waals surface area contributed by atoms with E-state index in [4.69, 9.17) is 19.3 Å². The van der Waals surface area contributed by atoms with Crippen LogP contribution in [0.4, 0.5) is 0 Å². The fourth-order valence-corrected chi connectivity index (χ4v) is 3.20. The topological polar surface area (TPSA) is 102 Å². The number of carbonyl (C=O) groups excluding carboxylic acids is 1. The number of rotatable bonds is 21. The summed E-state index contributed by atoms with van der Waals surface area (Å²) in [6.07, 6.45) is 17.0. The van der Waals surface area contributed by atoms with Crippen LogP contribution in [-0.2, 0) is 23.4 Å². The summed E-state index contributed by atoms with van der Waals surface area (Å²) in [7, 11) is -4.44. The van der Waals surface area contributed by atoms with Gasteiger partial charge in [0.05, 0.1) is 19.8 Å². The van der Waals surface area contributed by atoms with Crippen LogP contribution in [0, 0.1) is 0 Å². The third-order valence-corrected chi connectivity index (χ3v) is 4.98. The maximum absolute atomic E-state index is 11.6. The second-order valence-corrected chi connectivity index (χ2v) is 8.39. The quantitative estimate of drug-likeness (QED) is 0.115. The summed E-state index contributed by atoms with van der Waals surface area (Å²) in [5, 5.41) is 0. The van der Waals surface area contributed by atoms with Gasteiger partial charge in [0.2, 0.25) is 0 Å². The standard InChI is InChI=1S/C20H41O7P.Na.H/c1-2-3-4-5-6-7-8-9-10-11-12-13-14-15-20(21)26-18-16-25-17-19-27-28(22,23)24;;/h2-19H2,1H3,(H2,22,23,24);;. The zero-order chi connectivity index (χ0) is 20.9. The van der Waals surface area contributed by atoms with Crippen LogP contribution in [0.2, 0.25) is 0 Å². The van der Waals surface area contributed by atoms with E-state index in [9.17, 15) is 9.36 Å². The summed E-state index contributed by atoms with van der Waals surface area (Å²) in [6, 6.07) is 0. The number of hydrogen-bond donors (Lipinski definition) is 2. The van der Waals surface area contributed by atoms with Crippen LogP contribution < -0.4 is 0 Å². The van der Waals surface area contributed by atoms with E-state index in [-0.39, 0.29) is 62.0 Å². The molecule has 0 bridgehead atoms. The summed E-state index contributed by atoms with van der Waals surface area (Å²) in [5.74, 6) is -0.224. The van der Waals surface area contributed by atoms with Gasteiger partial charge in [0.25, 0.3) is 0 Å². The molecule has 0 aliphatic carbocycles. The average molecular weight is 449 g/mol. The first kappa shape index (κ1) is 31.7. The summed E-state index contributed by atoms with van der Waals surface area (Å²) >= 11 is 0. The van der Waals surface area contributed by atoms with Crippen molar-refractivity contribution in [3.63, 3.8) is 0 Å². The van der Waals surface area contributed by atoms with Crippen molar-refractivity contribution in [1.29, 1.82) is 0 Å². The van der Waals surface area contributed by atoms with Crippen molar-refractivity contribution < 1.29 is 33.1 Å². The molecule has 0 amide bonds. The summed E-state index contributed by atoms with van der Waals surface area (Å²) in [6.45, 7) is 2.43. The van der Waals surface area contributed by atoms with E-state index in [1.54, 1.807) is 0 Å². The van der Waals surface area contributed by atoms with E-state index in [1.165, 1.54) is 70.6 Å². The SMILES string of the molecule is CCCCCCCCCCCCCCCC(=O)OCCOCCOP(=O)(O)O.[NaH]. The van der Waals surface area contributed by atoms with Gasteiger partial charge in [-0.1, -0.05) is 84.0 Å². The second-order valence-electron chi connectivity index (χ2n) is 7.15. The molecule has 0 spiro atoms. The molecule has 0 aromatic heterocycles. The molecule has 9 heteroatoms. The van der Waals surface area contributed by atoms with E-state index in [0.29, 0.717) is 6.42 Å². The third-order valence-electron chi connectivity index (χ3n) is 4.46. The number of ether oxygens (including phenoxy) is 2. The van der Waals surface area contributed by atoms with E-state index >= 15 is 0 Å². The zero-order valence-electron chi connectivity index (χ0n) is 17.6. The average Bonchev–Trinajstić information content (AvgIpc) is 2.64. The maximum atomic E-state index is 11.6. The number of phosphoric ester groups is 1. The molecule has 0 aromatic carbocycles. The van der Waals surface area contributed by atoms with Crippen molar-refractivity contribution in [2.45, 2.75) is 96.8 Å². The van der Waals surface area contributed by atoms with Crippen molar-refractivity contribution >= 4 is 43.3 Å². The Morgan fingerprint density at radius 2 is 1.17 bits per heavy atom. The molecule has 0 aliphatic rings. The van der Waals surface area contributed by atoms with Crippen molar-refractivity contribution in [3.05, 3.63) is 0 Å². The Morgan fingerprint density at radius 3 is 1.66 bits per heavy atom. The Kier molecular flexibility index (Phi) is 25.4. The fourth-order valence-electron chi connectivity index (χ4n) is 2.89. The van der Waals surface area contributed by atoms with Crippen LogP contribution >= 0.6 is 7.82 Å². The molecule has 0 fully saturated rings. The predicted molar refractivity (Wildman–Crippen MR) is 117 cm³/mol. The minimum absolute atomic E-state index is 0. The molecule has 0 aromatic rings. The Bertz CT molecular complexity index is 404. The molecule has 0 aliphatic heterocycles. The Balaban J connectivity index is 0. The van der Waals surface area contributed by atoms with Gasteiger partial charge in [0.15, 0.2) is 0 Å². The molecule has 29 heavy (non-hydrogen) atoms. The molecule has 0 unspecified atom stereocenters. The summed E-state index contributed by atoms with van der Waals surface area (Å²) in [4.78, 5) is 28.5. The predicted octanol–water partition coefficient (Wildman–Crippen LogP) is 4.49. The minimum atomic E-state index is -4.44. The van der Waals surface area contributed by atoms with Gasteiger partial charge < -0.3 is 19.3 Å². The van der Waals surface area contributed by atoms with Crippen LogP contribution in [0.15, 0.2) is 0 Å². The first-order chi connectivity index (χ1) is 13.5. The molecule has 0 atom stereocenters. The Morgan fingerprint density at radius 1 is 0.724 bits per heavy atom. The van der Waals surface area contributed by atoms with Crippen molar-refractivity contribution in [1.82, 2.24) is 0 Å². The number of phosphoric acid groups is 1. The van der Waals surface area contributed by atoms with Gasteiger partial charge >= 0.3 is 43.3 Å². The van der Waals surface area contributed by atoms with Gasteiger partial charge in [0, 0.05) is 6.42 Å². The zero-order valence-corrected chi connectivity index (χ0v) is 18.5. The third kappa shape index (κ3) is 28.5. The van der Waals surface area contributed by atoms with Gasteiger partial charge in [-0.2, -0.15) is 0 Å². The van der Waals surface area contributed by atoms with Crippen molar-refractivity contribution in [2.24, 2.45) is 0 Å². The van der Waals surface area contributed by atoms with E-state index in [0.717, 1.165) is 12.8 Å². The second kappa shape index (κ2) is 23.2. The first-order valence-corrected chi connectivity index (χ1v) is 12.4. The van der Waals surface area contributed by atoms with Gasteiger partial charge in [-0.3, -0.25) is 9.32 Å². The molecular weight excluding hydrogens is 406 g/mol. The van der Waals surface area contributed by atoms with Crippen LogP contribution in [0.25, 0.3) is 0 Å². The molecule has 170 valence electrons. The normalized spacial score (nSPS) is 11.3. The molecule has 0 saturated carbocycles. The summed E-state index contributed by atoms with van der Waals surface area (Å²) in [5.41, 5.74) is 0. The molecule has 2 N–H and O–H groups in total. The van der Waals surface area contributed by atoms with E-state index in [1.807, 2.05) is 0 Å².